The van der Waals surface area contributed by atoms with E-state index in [0.717, 1.165) is 31.0 Å². The summed E-state index contributed by atoms with van der Waals surface area (Å²) in [5, 5.41) is 10.3. The zero-order chi connectivity index (χ0) is 17.1. The molecule has 0 bridgehead atoms. The van der Waals surface area contributed by atoms with Gasteiger partial charge in [-0.05, 0) is 41.3 Å². The lowest BCUT2D eigenvalue weighted by Crippen LogP contribution is -2.41. The Balaban J connectivity index is 1.62. The summed E-state index contributed by atoms with van der Waals surface area (Å²) in [6.45, 7) is 4.40. The number of aromatic hydroxyl groups is 1. The van der Waals surface area contributed by atoms with Crippen LogP contribution in [0.2, 0.25) is 0 Å². The first kappa shape index (κ1) is 14.9. The Morgan fingerprint density at radius 1 is 1.20 bits per heavy atom. The number of methoxy groups -OCH3 is 1. The fourth-order valence-corrected chi connectivity index (χ4v) is 4.65. The molecule has 3 heterocycles. The van der Waals surface area contributed by atoms with E-state index in [1.807, 2.05) is 18.2 Å². The highest BCUT2D eigenvalue weighted by molar-refractivity contribution is 5.56. The smallest absolute Gasteiger partial charge is 0.231 e. The number of phenols is 1. The highest BCUT2D eigenvalue weighted by atomic mass is 16.7. The van der Waals surface area contributed by atoms with Crippen molar-refractivity contribution >= 4 is 0 Å². The number of rotatable bonds is 1. The van der Waals surface area contributed by atoms with E-state index in [1.54, 1.807) is 7.11 Å². The summed E-state index contributed by atoms with van der Waals surface area (Å²) in [5.41, 5.74) is 5.04. The third kappa shape index (κ3) is 2.05. The van der Waals surface area contributed by atoms with Crippen LogP contribution in [-0.4, -0.2) is 30.5 Å². The van der Waals surface area contributed by atoms with E-state index < -0.39 is 0 Å². The summed E-state index contributed by atoms with van der Waals surface area (Å²) < 4.78 is 16.6. The monoisotopic (exact) mass is 339 g/mol. The van der Waals surface area contributed by atoms with Gasteiger partial charge in [-0.25, -0.2) is 0 Å². The van der Waals surface area contributed by atoms with Gasteiger partial charge in [0.25, 0.3) is 0 Å². The maximum absolute atomic E-state index is 10.3. The molecule has 2 aromatic rings. The Morgan fingerprint density at radius 2 is 2.08 bits per heavy atom. The Bertz CT molecular complexity index is 863. The van der Waals surface area contributed by atoms with Crippen molar-refractivity contribution in [3.8, 4) is 23.0 Å². The molecule has 0 saturated heterocycles. The van der Waals surface area contributed by atoms with Gasteiger partial charge in [-0.1, -0.05) is 13.0 Å². The highest BCUT2D eigenvalue weighted by Crippen LogP contribution is 2.51. The third-order valence-electron chi connectivity index (χ3n) is 5.82. The minimum absolute atomic E-state index is 0.215. The van der Waals surface area contributed by atoms with E-state index in [9.17, 15) is 5.11 Å². The zero-order valence-corrected chi connectivity index (χ0v) is 14.4. The number of benzene rings is 2. The molecule has 0 aliphatic carbocycles. The predicted octanol–water partition coefficient (Wildman–Crippen LogP) is 3.35. The van der Waals surface area contributed by atoms with E-state index in [2.05, 4.69) is 17.9 Å². The van der Waals surface area contributed by atoms with Crippen LogP contribution in [0.4, 0.5) is 0 Å². The van der Waals surface area contributed by atoms with Gasteiger partial charge in [-0.15, -0.1) is 0 Å². The molecule has 0 fully saturated rings. The lowest BCUT2D eigenvalue weighted by molar-refractivity contribution is 0.133. The number of hydrogen-bond acceptors (Lipinski definition) is 5. The summed E-state index contributed by atoms with van der Waals surface area (Å²) in [7, 11) is 1.60. The van der Waals surface area contributed by atoms with Gasteiger partial charge < -0.3 is 19.3 Å². The van der Waals surface area contributed by atoms with Gasteiger partial charge in [0.15, 0.2) is 23.0 Å². The van der Waals surface area contributed by atoms with Gasteiger partial charge in [0, 0.05) is 30.6 Å². The van der Waals surface area contributed by atoms with Gasteiger partial charge >= 0.3 is 0 Å². The highest BCUT2D eigenvalue weighted by Gasteiger charge is 2.39. The lowest BCUT2D eigenvalue weighted by atomic mass is 9.77. The quantitative estimate of drug-likeness (QED) is 0.863. The first-order valence-corrected chi connectivity index (χ1v) is 8.72. The summed E-state index contributed by atoms with van der Waals surface area (Å²) in [5.74, 6) is 2.84. The predicted molar refractivity (Wildman–Crippen MR) is 92.5 cm³/mol. The van der Waals surface area contributed by atoms with Gasteiger partial charge in [0.1, 0.15) is 0 Å². The molecule has 130 valence electrons. The minimum Gasteiger partial charge on any atom is -0.504 e. The van der Waals surface area contributed by atoms with E-state index >= 15 is 0 Å². The van der Waals surface area contributed by atoms with E-state index in [-0.39, 0.29) is 11.8 Å². The SMILES string of the molecule is COc1cc2c(cc1O)[C@H]1[C@@H](C)c3ccc4c(c3CN1CC2)OCO4. The summed E-state index contributed by atoms with van der Waals surface area (Å²) in [4.78, 5) is 2.49. The van der Waals surface area contributed by atoms with Crippen LogP contribution >= 0.6 is 0 Å². The van der Waals surface area contributed by atoms with Crippen molar-refractivity contribution in [1.82, 2.24) is 4.90 Å². The number of hydrogen-bond donors (Lipinski definition) is 1. The molecular formula is C20H21NO4. The molecule has 25 heavy (non-hydrogen) atoms. The first-order chi connectivity index (χ1) is 12.2. The van der Waals surface area contributed by atoms with Crippen LogP contribution in [0.3, 0.4) is 0 Å². The van der Waals surface area contributed by atoms with Crippen molar-refractivity contribution in [1.29, 1.82) is 0 Å². The van der Waals surface area contributed by atoms with Crippen LogP contribution in [0.15, 0.2) is 24.3 Å². The van der Waals surface area contributed by atoms with Gasteiger partial charge in [0.2, 0.25) is 6.79 Å². The average Bonchev–Trinajstić information content (AvgIpc) is 3.10. The van der Waals surface area contributed by atoms with Crippen molar-refractivity contribution in [3.63, 3.8) is 0 Å². The molecule has 0 saturated carbocycles. The second kappa shape index (κ2) is 5.30. The van der Waals surface area contributed by atoms with Crippen molar-refractivity contribution in [2.75, 3.05) is 20.4 Å². The molecule has 1 N–H and O–H groups in total. The number of nitrogens with zero attached hydrogens (tertiary/aromatic N) is 1. The van der Waals surface area contributed by atoms with Crippen LogP contribution in [0.25, 0.3) is 0 Å². The number of fused-ring (bicyclic) bond motifs is 6. The van der Waals surface area contributed by atoms with Crippen LogP contribution in [0, 0.1) is 0 Å². The Hall–Kier alpha value is -2.40. The average molecular weight is 339 g/mol. The summed E-state index contributed by atoms with van der Waals surface area (Å²) in [6, 6.07) is 8.32. The molecule has 0 unspecified atom stereocenters. The molecule has 5 heteroatoms. The zero-order valence-electron chi connectivity index (χ0n) is 14.4. The van der Waals surface area contributed by atoms with Crippen molar-refractivity contribution in [2.24, 2.45) is 0 Å². The fraction of sp³-hybridized carbons (Fsp3) is 0.400. The second-order valence-corrected chi connectivity index (χ2v) is 7.04. The van der Waals surface area contributed by atoms with Crippen molar-refractivity contribution < 1.29 is 19.3 Å². The van der Waals surface area contributed by atoms with Crippen LogP contribution < -0.4 is 14.2 Å². The molecule has 2 atom stereocenters. The molecule has 5 nitrogen and oxygen atoms in total. The Morgan fingerprint density at radius 3 is 2.92 bits per heavy atom. The molecule has 2 aromatic carbocycles. The maximum Gasteiger partial charge on any atom is 0.231 e. The van der Waals surface area contributed by atoms with E-state index in [0.29, 0.717) is 18.5 Å². The van der Waals surface area contributed by atoms with E-state index in [1.165, 1.54) is 22.3 Å². The largest absolute Gasteiger partial charge is 0.504 e. The van der Waals surface area contributed by atoms with Crippen molar-refractivity contribution in [2.45, 2.75) is 31.8 Å². The molecule has 0 amide bonds. The first-order valence-electron chi connectivity index (χ1n) is 8.72. The second-order valence-electron chi connectivity index (χ2n) is 7.04. The fourth-order valence-electron chi connectivity index (χ4n) is 4.65. The third-order valence-corrected chi connectivity index (χ3v) is 5.82. The molecule has 3 aliphatic rings. The lowest BCUT2D eigenvalue weighted by Gasteiger charge is -2.45. The molecule has 0 spiro atoms. The van der Waals surface area contributed by atoms with Gasteiger partial charge in [-0.2, -0.15) is 0 Å². The molecule has 0 radical (unpaired) electrons. The summed E-state index contributed by atoms with van der Waals surface area (Å²) in [6.07, 6.45) is 0.955. The normalized spacial score (nSPS) is 23.6. The molecule has 5 rings (SSSR count). The molecular weight excluding hydrogens is 318 g/mol. The van der Waals surface area contributed by atoms with E-state index in [4.69, 9.17) is 14.2 Å². The minimum atomic E-state index is 0.215. The molecule has 3 aliphatic heterocycles. The summed E-state index contributed by atoms with van der Waals surface area (Å²) >= 11 is 0. The van der Waals surface area contributed by atoms with Crippen molar-refractivity contribution in [3.05, 3.63) is 46.5 Å². The standard InChI is InChI=1S/C20H21NO4/c1-11-13-3-4-17-20(25-10-24-17)15(13)9-21-6-5-12-7-18(23-2)16(22)8-14(12)19(11)21/h3-4,7-8,11,19,22H,5-6,9-10H2,1-2H3/t11-,19+/m0/s1. The van der Waals surface area contributed by atoms with Crippen LogP contribution in [0.5, 0.6) is 23.0 Å². The van der Waals surface area contributed by atoms with Crippen LogP contribution in [0.1, 0.15) is 41.1 Å². The Labute approximate surface area is 146 Å². The molecule has 0 aromatic heterocycles. The van der Waals surface area contributed by atoms with Gasteiger partial charge in [-0.3, -0.25) is 4.90 Å². The number of phenolic OH excluding ortho intramolecular Hbond substituents is 1. The maximum atomic E-state index is 10.3. The van der Waals surface area contributed by atoms with Gasteiger partial charge in [0.05, 0.1) is 7.11 Å². The number of ether oxygens (including phenoxy) is 3. The van der Waals surface area contributed by atoms with Crippen LogP contribution in [-0.2, 0) is 13.0 Å². The topological polar surface area (TPSA) is 51.2 Å². The Kier molecular flexibility index (Phi) is 3.16.